The molecular weight excluding hydrogens is 222 g/mol. The Labute approximate surface area is 91.7 Å². The van der Waals surface area contributed by atoms with Crippen LogP contribution in [-0.4, -0.2) is 11.7 Å². The molecule has 0 unspecified atom stereocenters. The molecule has 0 aliphatic heterocycles. The molecule has 15 heavy (non-hydrogen) atoms. The average molecular weight is 233 g/mol. The third-order valence-corrected chi connectivity index (χ3v) is 3.32. The van der Waals surface area contributed by atoms with Crippen molar-refractivity contribution in [3.05, 3.63) is 34.4 Å². The van der Waals surface area contributed by atoms with Gasteiger partial charge < -0.3 is 5.11 Å². The second kappa shape index (κ2) is 3.72. The third kappa shape index (κ3) is 1.99. The molecule has 1 saturated carbocycles. The second-order valence-electron chi connectivity index (χ2n) is 4.17. The van der Waals surface area contributed by atoms with E-state index in [1.54, 1.807) is 0 Å². The molecule has 0 amide bonds. The molecule has 0 atom stereocenters. The molecule has 2 rings (SSSR count). The first-order valence-electron chi connectivity index (χ1n) is 4.81. The lowest BCUT2D eigenvalue weighted by atomic mass is 9.97. The number of rotatable bonds is 3. The van der Waals surface area contributed by atoms with Crippen LogP contribution in [0.5, 0.6) is 0 Å². The molecule has 0 aromatic heterocycles. The summed E-state index contributed by atoms with van der Waals surface area (Å²) in [4.78, 5) is 0. The van der Waals surface area contributed by atoms with Gasteiger partial charge in [0.2, 0.25) is 0 Å². The summed E-state index contributed by atoms with van der Waals surface area (Å²) < 4.78 is 26.4. The van der Waals surface area contributed by atoms with Crippen LogP contribution in [0, 0.1) is 17.0 Å². The normalized spacial score (nSPS) is 17.9. The molecule has 0 spiro atoms. The van der Waals surface area contributed by atoms with Gasteiger partial charge in [0.15, 0.2) is 0 Å². The van der Waals surface area contributed by atoms with E-state index in [2.05, 4.69) is 0 Å². The molecule has 0 heterocycles. The van der Waals surface area contributed by atoms with Gasteiger partial charge in [0.1, 0.15) is 16.7 Å². The van der Waals surface area contributed by atoms with Crippen LogP contribution in [0.1, 0.15) is 18.4 Å². The lowest BCUT2D eigenvalue weighted by molar-refractivity contribution is 0.210. The Kier molecular flexibility index (Phi) is 2.69. The lowest BCUT2D eigenvalue weighted by Crippen LogP contribution is -2.11. The molecule has 1 fully saturated rings. The number of benzene rings is 1. The number of hydrogen-bond acceptors (Lipinski definition) is 1. The van der Waals surface area contributed by atoms with Crippen LogP contribution in [-0.2, 0) is 6.42 Å². The summed E-state index contributed by atoms with van der Waals surface area (Å²) in [7, 11) is 0. The van der Waals surface area contributed by atoms with E-state index in [4.69, 9.17) is 16.7 Å². The van der Waals surface area contributed by atoms with E-state index < -0.39 is 16.7 Å². The fourth-order valence-corrected chi connectivity index (χ4v) is 1.86. The zero-order valence-corrected chi connectivity index (χ0v) is 8.82. The third-order valence-electron chi connectivity index (χ3n) is 2.97. The Morgan fingerprint density at radius 2 is 2.00 bits per heavy atom. The van der Waals surface area contributed by atoms with Crippen molar-refractivity contribution in [1.82, 2.24) is 0 Å². The van der Waals surface area contributed by atoms with Crippen LogP contribution in [0.3, 0.4) is 0 Å². The van der Waals surface area contributed by atoms with Crippen molar-refractivity contribution in [3.8, 4) is 0 Å². The summed E-state index contributed by atoms with van der Waals surface area (Å²) in [6, 6.07) is 2.56. The highest BCUT2D eigenvalue weighted by atomic mass is 35.5. The zero-order valence-electron chi connectivity index (χ0n) is 8.06. The molecule has 82 valence electrons. The second-order valence-corrected chi connectivity index (χ2v) is 4.55. The van der Waals surface area contributed by atoms with Crippen LogP contribution in [0.25, 0.3) is 0 Å². The van der Waals surface area contributed by atoms with Crippen molar-refractivity contribution < 1.29 is 13.9 Å². The molecule has 1 nitrogen and oxygen atoms in total. The SMILES string of the molecule is OCC1(Cc2ccc(F)c(Cl)c2F)CC1. The van der Waals surface area contributed by atoms with E-state index in [0.29, 0.717) is 12.0 Å². The quantitative estimate of drug-likeness (QED) is 0.795. The van der Waals surface area contributed by atoms with Crippen molar-refractivity contribution in [1.29, 1.82) is 0 Å². The van der Waals surface area contributed by atoms with Crippen molar-refractivity contribution >= 4 is 11.6 Å². The van der Waals surface area contributed by atoms with Gasteiger partial charge in [-0.05, 0) is 36.3 Å². The fraction of sp³-hybridized carbons (Fsp3) is 0.455. The van der Waals surface area contributed by atoms with Gasteiger partial charge >= 0.3 is 0 Å². The summed E-state index contributed by atoms with van der Waals surface area (Å²) >= 11 is 5.46. The molecule has 1 aromatic carbocycles. The first-order chi connectivity index (χ1) is 7.08. The van der Waals surface area contributed by atoms with Gasteiger partial charge in [-0.3, -0.25) is 0 Å². The van der Waals surface area contributed by atoms with Gasteiger partial charge in [-0.15, -0.1) is 0 Å². The predicted molar refractivity (Wildman–Crippen MR) is 53.8 cm³/mol. The molecule has 1 aromatic rings. The standard InChI is InChI=1S/C11H11ClF2O/c12-9-8(13)2-1-7(10(9)14)5-11(6-15)3-4-11/h1-2,15H,3-6H2. The van der Waals surface area contributed by atoms with E-state index in [-0.39, 0.29) is 12.0 Å². The van der Waals surface area contributed by atoms with Gasteiger partial charge in [0.05, 0.1) is 0 Å². The number of aliphatic hydroxyl groups is 1. The monoisotopic (exact) mass is 232 g/mol. The number of hydrogen-bond donors (Lipinski definition) is 1. The maximum Gasteiger partial charge on any atom is 0.147 e. The molecule has 4 heteroatoms. The molecular formula is C11H11ClF2O. The Balaban J connectivity index is 2.26. The van der Waals surface area contributed by atoms with Crippen LogP contribution < -0.4 is 0 Å². The van der Waals surface area contributed by atoms with Crippen molar-refractivity contribution in [2.45, 2.75) is 19.3 Å². The van der Waals surface area contributed by atoms with E-state index >= 15 is 0 Å². The Morgan fingerprint density at radius 3 is 2.53 bits per heavy atom. The molecule has 0 radical (unpaired) electrons. The average Bonchev–Trinajstić information content (AvgIpc) is 3.00. The van der Waals surface area contributed by atoms with Gasteiger partial charge in [-0.1, -0.05) is 17.7 Å². The Morgan fingerprint density at radius 1 is 1.33 bits per heavy atom. The minimum atomic E-state index is -0.744. The summed E-state index contributed by atoms with van der Waals surface area (Å²) in [5.41, 5.74) is 0.190. The molecule has 1 aliphatic carbocycles. The Bertz CT molecular complexity index is 388. The van der Waals surface area contributed by atoms with Gasteiger partial charge in [-0.2, -0.15) is 0 Å². The first kappa shape index (κ1) is 10.8. The molecule has 0 saturated heterocycles. The fourth-order valence-electron chi connectivity index (χ4n) is 1.67. The maximum atomic E-state index is 13.5. The highest BCUT2D eigenvalue weighted by molar-refractivity contribution is 6.30. The van der Waals surface area contributed by atoms with Crippen molar-refractivity contribution in [2.75, 3.05) is 6.61 Å². The topological polar surface area (TPSA) is 20.2 Å². The summed E-state index contributed by atoms with van der Waals surface area (Å²) in [5, 5.41) is 8.65. The highest BCUT2D eigenvalue weighted by Crippen LogP contribution is 2.48. The maximum absolute atomic E-state index is 13.5. The molecule has 1 N–H and O–H groups in total. The van der Waals surface area contributed by atoms with E-state index in [1.165, 1.54) is 6.07 Å². The summed E-state index contributed by atoms with van der Waals surface area (Å²) in [6.45, 7) is 0.0431. The summed E-state index contributed by atoms with van der Waals surface area (Å²) in [6.07, 6.45) is 2.20. The van der Waals surface area contributed by atoms with Crippen LogP contribution in [0.4, 0.5) is 8.78 Å². The van der Waals surface area contributed by atoms with Gasteiger partial charge in [0, 0.05) is 6.61 Å². The predicted octanol–water partition coefficient (Wildman–Crippen LogP) is 2.93. The van der Waals surface area contributed by atoms with Gasteiger partial charge in [-0.25, -0.2) is 8.78 Å². The van der Waals surface area contributed by atoms with E-state index in [1.807, 2.05) is 0 Å². The summed E-state index contributed by atoms with van der Waals surface area (Å²) in [5.74, 6) is -1.44. The van der Waals surface area contributed by atoms with Gasteiger partial charge in [0.25, 0.3) is 0 Å². The number of halogens is 3. The zero-order chi connectivity index (χ0) is 11.1. The first-order valence-corrected chi connectivity index (χ1v) is 5.19. The smallest absolute Gasteiger partial charge is 0.147 e. The van der Waals surface area contributed by atoms with Crippen LogP contribution >= 0.6 is 11.6 Å². The van der Waals surface area contributed by atoms with E-state index in [9.17, 15) is 8.78 Å². The minimum absolute atomic E-state index is 0.0431. The van der Waals surface area contributed by atoms with E-state index in [0.717, 1.165) is 18.9 Å². The molecule has 0 bridgehead atoms. The van der Waals surface area contributed by atoms with Crippen LogP contribution in [0.2, 0.25) is 5.02 Å². The van der Waals surface area contributed by atoms with Crippen molar-refractivity contribution in [3.63, 3.8) is 0 Å². The molecule has 1 aliphatic rings. The highest BCUT2D eigenvalue weighted by Gasteiger charge is 2.42. The minimum Gasteiger partial charge on any atom is -0.396 e. The van der Waals surface area contributed by atoms with Crippen molar-refractivity contribution in [2.24, 2.45) is 5.41 Å². The number of aliphatic hydroxyl groups excluding tert-OH is 1. The largest absolute Gasteiger partial charge is 0.396 e. The Hall–Kier alpha value is -0.670. The lowest BCUT2D eigenvalue weighted by Gasteiger charge is -2.12. The van der Waals surface area contributed by atoms with Crippen LogP contribution in [0.15, 0.2) is 12.1 Å².